The molecule has 0 aliphatic heterocycles. The second kappa shape index (κ2) is 5.10. The number of likely N-dealkylation sites (N-methyl/N-ethyl adjacent to an activating group) is 1. The molecule has 5 nitrogen and oxygen atoms in total. The van der Waals surface area contributed by atoms with Crippen LogP contribution in [0.25, 0.3) is 0 Å². The zero-order valence-corrected chi connectivity index (χ0v) is 12.1. The molecule has 102 valence electrons. The van der Waals surface area contributed by atoms with Crippen molar-refractivity contribution in [2.45, 2.75) is 52.5 Å². The zero-order valence-electron chi connectivity index (χ0n) is 12.1. The first-order valence-corrected chi connectivity index (χ1v) is 6.29. The summed E-state index contributed by atoms with van der Waals surface area (Å²) < 4.78 is 0. The second-order valence-corrected chi connectivity index (χ2v) is 6.03. The number of rotatable bonds is 4. The van der Waals surface area contributed by atoms with E-state index in [1.807, 2.05) is 26.8 Å². The van der Waals surface area contributed by atoms with E-state index < -0.39 is 5.54 Å². The topological polar surface area (TPSA) is 69.8 Å². The third kappa shape index (κ3) is 3.57. The van der Waals surface area contributed by atoms with Crippen LogP contribution < -0.4 is 10.6 Å². The predicted molar refractivity (Wildman–Crippen MR) is 73.7 cm³/mol. The first-order chi connectivity index (χ1) is 8.16. The van der Waals surface area contributed by atoms with E-state index in [9.17, 15) is 4.79 Å². The van der Waals surface area contributed by atoms with Gasteiger partial charge in [0.25, 0.3) is 0 Å². The van der Waals surface area contributed by atoms with Gasteiger partial charge in [-0.3, -0.25) is 9.89 Å². The quantitative estimate of drug-likeness (QED) is 0.768. The summed E-state index contributed by atoms with van der Waals surface area (Å²) in [7, 11) is 0. The summed E-state index contributed by atoms with van der Waals surface area (Å²) in [5.74, 6) is 0.479. The van der Waals surface area contributed by atoms with Gasteiger partial charge in [-0.1, -0.05) is 27.7 Å². The molecule has 0 saturated heterocycles. The zero-order chi connectivity index (χ0) is 14.0. The van der Waals surface area contributed by atoms with E-state index in [1.165, 1.54) is 0 Å². The largest absolute Gasteiger partial charge is 0.308 e. The summed E-state index contributed by atoms with van der Waals surface area (Å²) in [6, 6.07) is 1.87. The van der Waals surface area contributed by atoms with Crippen LogP contribution in [0.15, 0.2) is 6.07 Å². The molecule has 1 amide bonds. The third-order valence-electron chi connectivity index (χ3n) is 2.81. The van der Waals surface area contributed by atoms with Crippen LogP contribution >= 0.6 is 0 Å². The van der Waals surface area contributed by atoms with Crippen molar-refractivity contribution in [3.8, 4) is 0 Å². The Labute approximate surface area is 109 Å². The van der Waals surface area contributed by atoms with Crippen LogP contribution in [0, 0.1) is 0 Å². The van der Waals surface area contributed by atoms with Crippen LogP contribution in [0.5, 0.6) is 0 Å². The molecule has 1 heterocycles. The smallest absolute Gasteiger partial charge is 0.245 e. The normalized spacial score (nSPS) is 12.6. The number of aromatic amines is 1. The predicted octanol–water partition coefficient (Wildman–Crippen LogP) is 2.03. The minimum absolute atomic E-state index is 0.00678. The van der Waals surface area contributed by atoms with Gasteiger partial charge in [0.1, 0.15) is 0 Å². The van der Waals surface area contributed by atoms with Crippen molar-refractivity contribution in [3.05, 3.63) is 11.8 Å². The highest BCUT2D eigenvalue weighted by atomic mass is 16.2. The van der Waals surface area contributed by atoms with E-state index in [1.54, 1.807) is 0 Å². The Morgan fingerprint density at radius 1 is 1.33 bits per heavy atom. The summed E-state index contributed by atoms with van der Waals surface area (Å²) in [6.45, 7) is 12.7. The van der Waals surface area contributed by atoms with Gasteiger partial charge in [-0.2, -0.15) is 5.10 Å². The average molecular weight is 252 g/mol. The molecule has 18 heavy (non-hydrogen) atoms. The van der Waals surface area contributed by atoms with Crippen LogP contribution in [0.1, 0.15) is 47.2 Å². The molecule has 0 fully saturated rings. The van der Waals surface area contributed by atoms with Gasteiger partial charge in [0.2, 0.25) is 5.91 Å². The first-order valence-electron chi connectivity index (χ1n) is 6.29. The fourth-order valence-corrected chi connectivity index (χ4v) is 1.56. The van der Waals surface area contributed by atoms with Crippen molar-refractivity contribution in [1.29, 1.82) is 0 Å². The lowest BCUT2D eigenvalue weighted by atomic mass is 9.92. The fourth-order valence-electron chi connectivity index (χ4n) is 1.56. The van der Waals surface area contributed by atoms with Gasteiger partial charge in [0, 0.05) is 17.2 Å². The number of hydrogen-bond donors (Lipinski definition) is 3. The highest BCUT2D eigenvalue weighted by Gasteiger charge is 2.27. The number of H-pyrrole nitrogens is 1. The monoisotopic (exact) mass is 252 g/mol. The van der Waals surface area contributed by atoms with Gasteiger partial charge in [0.05, 0.1) is 5.54 Å². The maximum Gasteiger partial charge on any atom is 0.245 e. The lowest BCUT2D eigenvalue weighted by molar-refractivity contribution is -0.121. The lowest BCUT2D eigenvalue weighted by Crippen LogP contribution is -2.49. The van der Waals surface area contributed by atoms with Crippen LogP contribution in [-0.2, 0) is 10.2 Å². The molecule has 0 saturated carbocycles. The third-order valence-corrected chi connectivity index (χ3v) is 2.81. The molecule has 1 aromatic rings. The summed E-state index contributed by atoms with van der Waals surface area (Å²) in [5.41, 5.74) is 0.391. The lowest BCUT2D eigenvalue weighted by Gasteiger charge is -2.23. The molecular formula is C13H24N4O. The number of nitrogens with one attached hydrogen (secondary N) is 3. The van der Waals surface area contributed by atoms with Crippen molar-refractivity contribution in [2.24, 2.45) is 0 Å². The van der Waals surface area contributed by atoms with E-state index >= 15 is 0 Å². The number of carbonyl (C=O) groups excluding carboxylic acids is 1. The van der Waals surface area contributed by atoms with Crippen molar-refractivity contribution in [2.75, 3.05) is 11.9 Å². The van der Waals surface area contributed by atoms with E-state index in [2.05, 4.69) is 41.6 Å². The molecule has 3 N–H and O–H groups in total. The molecule has 1 rings (SSSR count). The number of amides is 1. The van der Waals surface area contributed by atoms with Gasteiger partial charge in [-0.05, 0) is 20.4 Å². The molecule has 0 aliphatic rings. The minimum Gasteiger partial charge on any atom is -0.308 e. The van der Waals surface area contributed by atoms with Gasteiger partial charge < -0.3 is 10.6 Å². The van der Waals surface area contributed by atoms with Gasteiger partial charge in [-0.15, -0.1) is 0 Å². The van der Waals surface area contributed by atoms with Crippen LogP contribution in [-0.4, -0.2) is 28.2 Å². The van der Waals surface area contributed by atoms with Crippen molar-refractivity contribution in [3.63, 3.8) is 0 Å². The van der Waals surface area contributed by atoms with E-state index in [-0.39, 0.29) is 11.3 Å². The second-order valence-electron chi connectivity index (χ2n) is 6.03. The fraction of sp³-hybridized carbons (Fsp3) is 0.692. The Balaban J connectivity index is 2.74. The Morgan fingerprint density at radius 3 is 2.39 bits per heavy atom. The molecule has 1 aromatic heterocycles. The van der Waals surface area contributed by atoms with Crippen LogP contribution in [0.2, 0.25) is 0 Å². The number of hydrogen-bond acceptors (Lipinski definition) is 3. The SMILES string of the molecule is CCNC(C)(C)C(=O)Nc1cc(C(C)(C)C)[nH]n1. The number of carbonyl (C=O) groups is 1. The molecule has 0 radical (unpaired) electrons. The van der Waals surface area contributed by atoms with E-state index in [0.29, 0.717) is 5.82 Å². The molecule has 0 spiro atoms. The standard InChI is InChI=1S/C13H24N4O/c1-7-14-13(5,6)11(18)15-10-8-9(16-17-10)12(2,3)4/h8,14H,7H2,1-6H3,(H2,15,16,17,18). The first kappa shape index (κ1) is 14.7. The summed E-state index contributed by atoms with van der Waals surface area (Å²) >= 11 is 0. The van der Waals surface area contributed by atoms with Crippen LogP contribution in [0.4, 0.5) is 5.82 Å². The Kier molecular flexibility index (Phi) is 4.16. The number of anilines is 1. The van der Waals surface area contributed by atoms with Gasteiger partial charge in [0.15, 0.2) is 5.82 Å². The molecule has 0 aromatic carbocycles. The molecule has 0 aliphatic carbocycles. The maximum atomic E-state index is 12.1. The van der Waals surface area contributed by atoms with Gasteiger partial charge >= 0.3 is 0 Å². The summed E-state index contributed by atoms with van der Waals surface area (Å²) in [5, 5.41) is 13.0. The Bertz CT molecular complexity index is 415. The molecule has 5 heteroatoms. The highest BCUT2D eigenvalue weighted by Crippen LogP contribution is 2.22. The highest BCUT2D eigenvalue weighted by molar-refractivity contribution is 5.96. The minimum atomic E-state index is -0.602. The van der Waals surface area contributed by atoms with E-state index in [0.717, 1.165) is 12.2 Å². The van der Waals surface area contributed by atoms with E-state index in [4.69, 9.17) is 0 Å². The summed E-state index contributed by atoms with van der Waals surface area (Å²) in [4.78, 5) is 12.1. The van der Waals surface area contributed by atoms with Gasteiger partial charge in [-0.25, -0.2) is 0 Å². The maximum absolute atomic E-state index is 12.1. The Morgan fingerprint density at radius 2 is 1.94 bits per heavy atom. The molecule has 0 unspecified atom stereocenters. The van der Waals surface area contributed by atoms with Crippen LogP contribution in [0.3, 0.4) is 0 Å². The van der Waals surface area contributed by atoms with Crippen molar-refractivity contribution >= 4 is 11.7 Å². The van der Waals surface area contributed by atoms with Crippen molar-refractivity contribution < 1.29 is 4.79 Å². The summed E-state index contributed by atoms with van der Waals surface area (Å²) in [6.07, 6.45) is 0. The number of aromatic nitrogens is 2. The van der Waals surface area contributed by atoms with Crippen molar-refractivity contribution in [1.82, 2.24) is 15.5 Å². The molecule has 0 bridgehead atoms. The number of nitrogens with zero attached hydrogens (tertiary/aromatic N) is 1. The average Bonchev–Trinajstić information content (AvgIpc) is 2.65. The molecule has 0 atom stereocenters. The molecular weight excluding hydrogens is 228 g/mol. The Hall–Kier alpha value is -1.36.